The number of hydrogen-bond acceptors (Lipinski definition) is 6. The van der Waals surface area contributed by atoms with E-state index in [4.69, 9.17) is 0 Å². The second kappa shape index (κ2) is 8.90. The molecule has 0 amide bonds. The summed E-state index contributed by atoms with van der Waals surface area (Å²) in [7, 11) is 0. The molecule has 0 bridgehead atoms. The molecule has 0 aliphatic carbocycles. The zero-order valence-electron chi connectivity index (χ0n) is 17.7. The molecule has 2 aromatic heterocycles. The Morgan fingerprint density at radius 2 is 1.88 bits per heavy atom. The average molecular weight is 428 g/mol. The zero-order chi connectivity index (χ0) is 21.9. The number of nitrogens with one attached hydrogen (secondary N) is 1. The molecule has 1 aliphatic heterocycles. The maximum absolute atomic E-state index is 13.1. The zero-order valence-corrected chi connectivity index (χ0v) is 17.7. The van der Waals surface area contributed by atoms with E-state index in [2.05, 4.69) is 44.7 Å². The summed E-state index contributed by atoms with van der Waals surface area (Å²) in [5, 5.41) is 23.1. The standard InChI is InChI=1S/C25H25N5O2/c31-23(16-29-11-8-18-3-1-2-4-20(18)15-29)17-30-12-9-19-5-6-21(13-24(19)25(30)32)28-22-7-10-26-27-14-22/h1-7,9-10,12-14,23,31H,8,11,15-17H2,(H,26,28). The topological polar surface area (TPSA) is 83.3 Å². The molecule has 0 saturated carbocycles. The summed E-state index contributed by atoms with van der Waals surface area (Å²) in [6.45, 7) is 2.55. The minimum Gasteiger partial charge on any atom is -0.390 e. The normalized spacial score (nSPS) is 14.8. The third-order valence-electron chi connectivity index (χ3n) is 5.94. The number of aromatic nitrogens is 3. The van der Waals surface area contributed by atoms with Crippen LogP contribution in [0.25, 0.3) is 10.8 Å². The van der Waals surface area contributed by atoms with Crippen LogP contribution in [0.5, 0.6) is 0 Å². The minimum atomic E-state index is -0.625. The SMILES string of the molecule is O=c1c2cc(Nc3ccnnc3)ccc2ccn1CC(O)CN1CCc2ccccc2C1. The highest BCUT2D eigenvalue weighted by molar-refractivity contribution is 5.85. The van der Waals surface area contributed by atoms with Crippen LogP contribution in [-0.4, -0.2) is 44.0 Å². The fraction of sp³-hybridized carbons (Fsp3) is 0.240. The number of nitrogens with zero attached hydrogens (tertiary/aromatic N) is 4. The van der Waals surface area contributed by atoms with E-state index >= 15 is 0 Å². The molecule has 7 heteroatoms. The second-order valence-corrected chi connectivity index (χ2v) is 8.24. The van der Waals surface area contributed by atoms with Crippen molar-refractivity contribution in [2.24, 2.45) is 0 Å². The van der Waals surface area contributed by atoms with Crippen LogP contribution in [0.15, 0.2) is 78.0 Å². The van der Waals surface area contributed by atoms with E-state index < -0.39 is 6.10 Å². The van der Waals surface area contributed by atoms with Gasteiger partial charge in [-0.2, -0.15) is 10.2 Å². The highest BCUT2D eigenvalue weighted by atomic mass is 16.3. The first-order valence-corrected chi connectivity index (χ1v) is 10.8. The Morgan fingerprint density at radius 3 is 2.72 bits per heavy atom. The highest BCUT2D eigenvalue weighted by Gasteiger charge is 2.19. The Hall–Kier alpha value is -3.55. The fourth-order valence-electron chi connectivity index (χ4n) is 4.33. The Morgan fingerprint density at radius 1 is 1.00 bits per heavy atom. The van der Waals surface area contributed by atoms with E-state index in [9.17, 15) is 9.90 Å². The Labute approximate surface area is 186 Å². The molecule has 1 atom stereocenters. The van der Waals surface area contributed by atoms with E-state index in [1.165, 1.54) is 11.1 Å². The molecular formula is C25H25N5O2. The van der Waals surface area contributed by atoms with Gasteiger partial charge in [-0.15, -0.1) is 0 Å². The summed E-state index contributed by atoms with van der Waals surface area (Å²) >= 11 is 0. The Bertz CT molecular complexity index is 1290. The summed E-state index contributed by atoms with van der Waals surface area (Å²) in [5.41, 5.74) is 4.19. The maximum atomic E-state index is 13.1. The van der Waals surface area contributed by atoms with Crippen molar-refractivity contribution in [2.75, 3.05) is 18.4 Å². The van der Waals surface area contributed by atoms with Gasteiger partial charge in [-0.3, -0.25) is 9.69 Å². The van der Waals surface area contributed by atoms with Gasteiger partial charge in [0.25, 0.3) is 5.56 Å². The molecule has 0 spiro atoms. The molecule has 0 radical (unpaired) electrons. The van der Waals surface area contributed by atoms with Crippen molar-refractivity contribution in [3.05, 3.63) is 94.7 Å². The van der Waals surface area contributed by atoms with E-state index in [0.29, 0.717) is 11.9 Å². The third-order valence-corrected chi connectivity index (χ3v) is 5.94. The van der Waals surface area contributed by atoms with E-state index in [-0.39, 0.29) is 12.1 Å². The molecule has 0 saturated heterocycles. The quantitative estimate of drug-likeness (QED) is 0.492. The number of β-amino-alcohol motifs (C(OH)–C–C–N with tert-alkyl or cyclic N) is 1. The molecular weight excluding hydrogens is 402 g/mol. The van der Waals surface area contributed by atoms with Crippen molar-refractivity contribution in [1.82, 2.24) is 19.7 Å². The lowest BCUT2D eigenvalue weighted by molar-refractivity contribution is 0.0911. The van der Waals surface area contributed by atoms with Crippen LogP contribution in [0, 0.1) is 0 Å². The van der Waals surface area contributed by atoms with Gasteiger partial charge in [-0.1, -0.05) is 30.3 Å². The van der Waals surface area contributed by atoms with Gasteiger partial charge in [0.1, 0.15) is 0 Å². The largest absolute Gasteiger partial charge is 0.390 e. The molecule has 1 aliphatic rings. The monoisotopic (exact) mass is 427 g/mol. The number of pyridine rings is 1. The minimum absolute atomic E-state index is 0.109. The molecule has 0 fully saturated rings. The highest BCUT2D eigenvalue weighted by Crippen LogP contribution is 2.21. The molecule has 1 unspecified atom stereocenters. The molecule has 3 heterocycles. The van der Waals surface area contributed by atoms with Gasteiger partial charge in [0, 0.05) is 36.9 Å². The molecule has 5 rings (SSSR count). The van der Waals surface area contributed by atoms with Crippen molar-refractivity contribution in [2.45, 2.75) is 25.6 Å². The number of fused-ring (bicyclic) bond motifs is 2. The molecule has 162 valence electrons. The lowest BCUT2D eigenvalue weighted by atomic mass is 10.00. The van der Waals surface area contributed by atoms with E-state index in [0.717, 1.165) is 36.3 Å². The van der Waals surface area contributed by atoms with E-state index in [1.54, 1.807) is 23.2 Å². The average Bonchev–Trinajstić information content (AvgIpc) is 2.82. The number of aliphatic hydroxyl groups excluding tert-OH is 1. The first-order valence-electron chi connectivity index (χ1n) is 10.8. The van der Waals surface area contributed by atoms with Gasteiger partial charge >= 0.3 is 0 Å². The number of benzene rings is 2. The molecule has 2 N–H and O–H groups in total. The first kappa shape index (κ1) is 20.4. The summed E-state index contributed by atoms with van der Waals surface area (Å²) < 4.78 is 1.60. The lowest BCUT2D eigenvalue weighted by Crippen LogP contribution is -2.39. The first-order chi connectivity index (χ1) is 15.7. The molecule has 4 aromatic rings. The van der Waals surface area contributed by atoms with Crippen LogP contribution in [0.3, 0.4) is 0 Å². The fourth-order valence-corrected chi connectivity index (χ4v) is 4.33. The van der Waals surface area contributed by atoms with Crippen LogP contribution in [0.1, 0.15) is 11.1 Å². The van der Waals surface area contributed by atoms with E-state index in [1.807, 2.05) is 30.3 Å². The van der Waals surface area contributed by atoms with Crippen LogP contribution < -0.4 is 10.9 Å². The van der Waals surface area contributed by atoms with Crippen LogP contribution in [-0.2, 0) is 19.5 Å². The summed E-state index contributed by atoms with van der Waals surface area (Å²) in [6.07, 6.45) is 5.36. The van der Waals surface area contributed by atoms with Crippen molar-refractivity contribution in [3.8, 4) is 0 Å². The van der Waals surface area contributed by atoms with Gasteiger partial charge in [0.05, 0.1) is 30.7 Å². The van der Waals surface area contributed by atoms with Crippen molar-refractivity contribution in [3.63, 3.8) is 0 Å². The second-order valence-electron chi connectivity index (χ2n) is 8.24. The number of hydrogen-bond donors (Lipinski definition) is 2. The van der Waals surface area contributed by atoms with Crippen molar-refractivity contribution >= 4 is 22.1 Å². The van der Waals surface area contributed by atoms with Crippen LogP contribution >= 0.6 is 0 Å². The van der Waals surface area contributed by atoms with Gasteiger partial charge < -0.3 is 15.0 Å². The lowest BCUT2D eigenvalue weighted by Gasteiger charge is -2.30. The summed E-state index contributed by atoms with van der Waals surface area (Å²) in [5.74, 6) is 0. The van der Waals surface area contributed by atoms with Crippen LogP contribution in [0.2, 0.25) is 0 Å². The number of aliphatic hydroxyl groups is 1. The van der Waals surface area contributed by atoms with Gasteiger partial charge in [-0.05, 0) is 47.2 Å². The number of anilines is 2. The summed E-state index contributed by atoms with van der Waals surface area (Å²) in [4.78, 5) is 15.4. The van der Waals surface area contributed by atoms with Gasteiger partial charge in [0.15, 0.2) is 0 Å². The molecule has 32 heavy (non-hydrogen) atoms. The molecule has 2 aromatic carbocycles. The Kier molecular flexibility index (Phi) is 5.66. The van der Waals surface area contributed by atoms with Gasteiger partial charge in [0.2, 0.25) is 0 Å². The smallest absolute Gasteiger partial charge is 0.258 e. The van der Waals surface area contributed by atoms with Crippen molar-refractivity contribution in [1.29, 1.82) is 0 Å². The van der Waals surface area contributed by atoms with Gasteiger partial charge in [-0.25, -0.2) is 0 Å². The predicted octanol–water partition coefficient (Wildman–Crippen LogP) is 2.95. The van der Waals surface area contributed by atoms with Crippen LogP contribution in [0.4, 0.5) is 11.4 Å². The number of rotatable bonds is 6. The summed E-state index contributed by atoms with van der Waals surface area (Å²) in [6, 6.07) is 17.9. The predicted molar refractivity (Wildman–Crippen MR) is 125 cm³/mol. The third kappa shape index (κ3) is 4.39. The maximum Gasteiger partial charge on any atom is 0.258 e. The van der Waals surface area contributed by atoms with Crippen molar-refractivity contribution < 1.29 is 5.11 Å². The molecule has 7 nitrogen and oxygen atoms in total. The Balaban J connectivity index is 1.30.